The summed E-state index contributed by atoms with van der Waals surface area (Å²) in [6.07, 6.45) is -0.477. The zero-order valence-electron chi connectivity index (χ0n) is 12.3. The summed E-state index contributed by atoms with van der Waals surface area (Å²) in [6, 6.07) is 5.10. The van der Waals surface area contributed by atoms with Crippen molar-refractivity contribution < 1.29 is 19.0 Å². The van der Waals surface area contributed by atoms with E-state index in [4.69, 9.17) is 25.8 Å². The van der Waals surface area contributed by atoms with Gasteiger partial charge in [0.1, 0.15) is 18.5 Å². The van der Waals surface area contributed by atoms with Crippen molar-refractivity contribution in [2.75, 3.05) is 45.3 Å². The van der Waals surface area contributed by atoms with Gasteiger partial charge in [0.25, 0.3) is 5.91 Å². The Labute approximate surface area is 140 Å². The van der Waals surface area contributed by atoms with E-state index in [1.54, 1.807) is 25.3 Å². The first kappa shape index (κ1) is 19.0. The largest absolute Gasteiger partial charge is 0.490 e. The highest BCUT2D eigenvalue weighted by Crippen LogP contribution is 2.27. The summed E-state index contributed by atoms with van der Waals surface area (Å²) in [6.45, 7) is 2.72. The lowest BCUT2D eigenvalue weighted by Gasteiger charge is -2.22. The highest BCUT2D eigenvalue weighted by molar-refractivity contribution is 6.32. The molecule has 1 unspecified atom stereocenters. The van der Waals surface area contributed by atoms with Crippen LogP contribution < -0.4 is 15.4 Å². The highest BCUT2D eigenvalue weighted by atomic mass is 35.5. The molecule has 1 aliphatic rings. The number of morpholine rings is 1. The van der Waals surface area contributed by atoms with Crippen molar-refractivity contribution in [3.8, 4) is 5.75 Å². The molecule has 6 nitrogen and oxygen atoms in total. The summed E-state index contributed by atoms with van der Waals surface area (Å²) in [5.41, 5.74) is 0.610. The molecule has 8 heteroatoms. The fourth-order valence-corrected chi connectivity index (χ4v) is 2.12. The molecule has 0 bridgehead atoms. The highest BCUT2D eigenvalue weighted by Gasteiger charge is 2.21. The van der Waals surface area contributed by atoms with E-state index in [2.05, 4.69) is 10.6 Å². The van der Waals surface area contributed by atoms with E-state index < -0.39 is 6.10 Å². The van der Waals surface area contributed by atoms with Crippen LogP contribution in [0.15, 0.2) is 18.2 Å². The van der Waals surface area contributed by atoms with Gasteiger partial charge in [0.05, 0.1) is 18.2 Å². The molecule has 2 N–H and O–H groups in total. The third-order valence-electron chi connectivity index (χ3n) is 2.96. The van der Waals surface area contributed by atoms with Gasteiger partial charge in [-0.3, -0.25) is 4.79 Å². The van der Waals surface area contributed by atoms with Gasteiger partial charge >= 0.3 is 0 Å². The summed E-state index contributed by atoms with van der Waals surface area (Å²) in [5.74, 6) is 0.369. The van der Waals surface area contributed by atoms with Gasteiger partial charge in [0, 0.05) is 25.9 Å². The molecular formula is C14H20Cl2N2O4. The quantitative estimate of drug-likeness (QED) is 0.764. The lowest BCUT2D eigenvalue weighted by molar-refractivity contribution is -0.128. The zero-order valence-corrected chi connectivity index (χ0v) is 13.8. The second-order valence-electron chi connectivity index (χ2n) is 4.54. The number of halogens is 2. The molecule has 2 rings (SSSR count). The Morgan fingerprint density at radius 3 is 2.95 bits per heavy atom. The minimum absolute atomic E-state index is 0. The first-order valence-corrected chi connectivity index (χ1v) is 7.13. The number of benzene rings is 1. The van der Waals surface area contributed by atoms with Gasteiger partial charge in [-0.05, 0) is 18.2 Å². The summed E-state index contributed by atoms with van der Waals surface area (Å²) in [4.78, 5) is 12.0. The van der Waals surface area contributed by atoms with Gasteiger partial charge in [0.15, 0.2) is 0 Å². The van der Waals surface area contributed by atoms with Crippen molar-refractivity contribution in [3.63, 3.8) is 0 Å². The lowest BCUT2D eigenvalue weighted by atomic mass is 10.2. The van der Waals surface area contributed by atoms with Crippen LogP contribution in [0.5, 0.6) is 5.75 Å². The molecule has 0 radical (unpaired) electrons. The van der Waals surface area contributed by atoms with Crippen molar-refractivity contribution in [1.82, 2.24) is 5.32 Å². The molecule has 1 aromatic rings. The van der Waals surface area contributed by atoms with Crippen LogP contribution in [0.3, 0.4) is 0 Å². The van der Waals surface area contributed by atoms with Gasteiger partial charge in [-0.15, -0.1) is 12.4 Å². The predicted octanol–water partition coefficient (Wildman–Crippen LogP) is 1.71. The van der Waals surface area contributed by atoms with Gasteiger partial charge in [-0.1, -0.05) is 11.6 Å². The van der Waals surface area contributed by atoms with E-state index in [9.17, 15) is 4.79 Å². The number of anilines is 1. The van der Waals surface area contributed by atoms with Crippen molar-refractivity contribution in [1.29, 1.82) is 0 Å². The van der Waals surface area contributed by atoms with E-state index in [0.717, 1.165) is 6.54 Å². The zero-order chi connectivity index (χ0) is 15.1. The molecule has 0 aromatic heterocycles. The molecule has 1 aromatic carbocycles. The average Bonchev–Trinajstić information content (AvgIpc) is 2.50. The fraction of sp³-hybridized carbons (Fsp3) is 0.500. The number of hydrogen-bond donors (Lipinski definition) is 2. The minimum atomic E-state index is -0.477. The second-order valence-corrected chi connectivity index (χ2v) is 4.95. The maximum atomic E-state index is 12.0. The third kappa shape index (κ3) is 5.62. The Balaban J connectivity index is 0.00000242. The molecule has 0 saturated carbocycles. The van der Waals surface area contributed by atoms with Crippen LogP contribution in [-0.4, -0.2) is 52.0 Å². The van der Waals surface area contributed by atoms with Crippen LogP contribution in [0.1, 0.15) is 0 Å². The molecule has 1 amide bonds. The number of carbonyl (C=O) groups excluding carboxylic acids is 1. The number of amides is 1. The lowest BCUT2D eigenvalue weighted by Crippen LogP contribution is -2.45. The van der Waals surface area contributed by atoms with Crippen molar-refractivity contribution in [2.24, 2.45) is 0 Å². The van der Waals surface area contributed by atoms with E-state index in [-0.39, 0.29) is 18.3 Å². The van der Waals surface area contributed by atoms with Crippen LogP contribution in [0.4, 0.5) is 5.69 Å². The molecule has 0 aliphatic carbocycles. The Morgan fingerprint density at radius 1 is 1.50 bits per heavy atom. The standard InChI is InChI=1S/C14H19ClN2O4.ClH/c1-19-6-7-21-12-3-2-10(8-11(12)15)17-14(18)13-9-16-4-5-20-13;/h2-3,8,13,16H,4-7,9H2,1H3,(H,17,18);1H. The minimum Gasteiger partial charge on any atom is -0.490 e. The molecule has 1 saturated heterocycles. The number of ether oxygens (including phenoxy) is 3. The maximum absolute atomic E-state index is 12.0. The van der Waals surface area contributed by atoms with Crippen molar-refractivity contribution >= 4 is 35.6 Å². The number of rotatable bonds is 6. The Hall–Kier alpha value is -1.05. The van der Waals surface area contributed by atoms with E-state index >= 15 is 0 Å². The molecule has 22 heavy (non-hydrogen) atoms. The van der Waals surface area contributed by atoms with Crippen LogP contribution in [0.2, 0.25) is 5.02 Å². The third-order valence-corrected chi connectivity index (χ3v) is 3.26. The summed E-state index contributed by atoms with van der Waals surface area (Å²) in [5, 5.41) is 6.32. The average molecular weight is 351 g/mol. The van der Waals surface area contributed by atoms with Gasteiger partial charge in [-0.25, -0.2) is 0 Å². The molecule has 124 valence electrons. The molecule has 1 atom stereocenters. The first-order valence-electron chi connectivity index (χ1n) is 6.75. The molecule has 1 aliphatic heterocycles. The Morgan fingerprint density at radius 2 is 2.32 bits per heavy atom. The smallest absolute Gasteiger partial charge is 0.254 e. The Kier molecular flexibility index (Phi) is 8.52. The van der Waals surface area contributed by atoms with Gasteiger partial charge in [-0.2, -0.15) is 0 Å². The van der Waals surface area contributed by atoms with Crippen LogP contribution in [0.25, 0.3) is 0 Å². The predicted molar refractivity (Wildman–Crippen MR) is 87.3 cm³/mol. The Bertz CT molecular complexity index is 482. The molecule has 0 spiro atoms. The molecule has 1 fully saturated rings. The fourth-order valence-electron chi connectivity index (χ4n) is 1.89. The molecule has 1 heterocycles. The summed E-state index contributed by atoms with van der Waals surface area (Å²) in [7, 11) is 1.60. The number of hydrogen-bond acceptors (Lipinski definition) is 5. The van der Waals surface area contributed by atoms with Crippen molar-refractivity contribution in [3.05, 3.63) is 23.2 Å². The summed E-state index contributed by atoms with van der Waals surface area (Å²) < 4.78 is 15.7. The maximum Gasteiger partial charge on any atom is 0.254 e. The second kappa shape index (κ2) is 9.86. The number of methoxy groups -OCH3 is 1. The number of nitrogens with one attached hydrogen (secondary N) is 2. The van der Waals surface area contributed by atoms with Crippen molar-refractivity contribution in [2.45, 2.75) is 6.10 Å². The van der Waals surface area contributed by atoms with Crippen LogP contribution in [-0.2, 0) is 14.3 Å². The van der Waals surface area contributed by atoms with E-state index in [1.165, 1.54) is 0 Å². The monoisotopic (exact) mass is 350 g/mol. The van der Waals surface area contributed by atoms with E-state index in [1.807, 2.05) is 0 Å². The normalized spacial score (nSPS) is 17.5. The summed E-state index contributed by atoms with van der Waals surface area (Å²) >= 11 is 6.12. The number of carbonyl (C=O) groups is 1. The van der Waals surface area contributed by atoms with Gasteiger partial charge in [0.2, 0.25) is 0 Å². The SMILES string of the molecule is COCCOc1ccc(NC(=O)C2CNCCO2)cc1Cl.Cl. The van der Waals surface area contributed by atoms with Crippen LogP contribution >= 0.6 is 24.0 Å². The molecular weight excluding hydrogens is 331 g/mol. The van der Waals surface area contributed by atoms with E-state index in [0.29, 0.717) is 42.8 Å². The van der Waals surface area contributed by atoms with Crippen LogP contribution in [0, 0.1) is 0 Å². The topological polar surface area (TPSA) is 68.8 Å². The first-order chi connectivity index (χ1) is 10.2. The van der Waals surface area contributed by atoms with Gasteiger partial charge < -0.3 is 24.8 Å².